The number of aromatic hydroxyl groups is 1. The molecule has 198 valence electrons. The van der Waals surface area contributed by atoms with E-state index in [2.05, 4.69) is 42.2 Å². The Morgan fingerprint density at radius 2 is 1.86 bits per heavy atom. The van der Waals surface area contributed by atoms with E-state index in [9.17, 15) is 38.5 Å². The molecule has 0 radical (unpaired) electrons. The molecule has 2 aromatic rings. The summed E-state index contributed by atoms with van der Waals surface area (Å²) in [5, 5.41) is 39.2. The molecule has 0 fully saturated rings. The van der Waals surface area contributed by atoms with E-state index in [1.807, 2.05) is 0 Å². The van der Waals surface area contributed by atoms with Crippen LogP contribution in [0.1, 0.15) is 40.4 Å². The monoisotopic (exact) mass is 583 g/mol. The Morgan fingerprint density at radius 1 is 1.14 bits per heavy atom. The van der Waals surface area contributed by atoms with Gasteiger partial charge in [-0.3, -0.25) is 19.4 Å². The third kappa shape index (κ3) is 8.39. The van der Waals surface area contributed by atoms with Crippen molar-refractivity contribution in [2.24, 2.45) is 4.99 Å². The summed E-state index contributed by atoms with van der Waals surface area (Å²) in [5.41, 5.74) is 0.147. The molecule has 11 nitrogen and oxygen atoms in total. The molecular formula is C23H24BrF2N5O6. The number of nitrogens with zero attached hydrogens (tertiary/aromatic N) is 1. The van der Waals surface area contributed by atoms with Crippen molar-refractivity contribution in [1.82, 2.24) is 16.0 Å². The van der Waals surface area contributed by atoms with Crippen molar-refractivity contribution in [3.63, 3.8) is 0 Å². The highest BCUT2D eigenvalue weighted by Crippen LogP contribution is 2.28. The number of phenolic OH excluding ortho intramolecular Hbond substituents is 1. The number of aliphatic hydroxyl groups is 1. The highest BCUT2D eigenvalue weighted by molar-refractivity contribution is 9.10. The summed E-state index contributed by atoms with van der Waals surface area (Å²) >= 11 is 3.10. The molecule has 1 heterocycles. The molecule has 1 aliphatic heterocycles. The molecule has 37 heavy (non-hydrogen) atoms. The van der Waals surface area contributed by atoms with E-state index in [1.165, 1.54) is 30.3 Å². The number of aliphatic carboxylic acids is 1. The van der Waals surface area contributed by atoms with Gasteiger partial charge in [-0.2, -0.15) is 0 Å². The number of carboxylic acid groups (broad SMARTS) is 1. The first kappa shape index (κ1) is 27.8. The lowest BCUT2D eigenvalue weighted by molar-refractivity contribution is -0.137. The first-order valence-electron chi connectivity index (χ1n) is 11.0. The summed E-state index contributed by atoms with van der Waals surface area (Å²) < 4.78 is 26.6. The van der Waals surface area contributed by atoms with Crippen LogP contribution in [0.25, 0.3) is 0 Å². The summed E-state index contributed by atoms with van der Waals surface area (Å²) in [4.78, 5) is 40.5. The lowest BCUT2D eigenvalue weighted by Crippen LogP contribution is -2.42. The number of benzene rings is 2. The molecule has 0 aromatic heterocycles. The normalized spacial score (nSPS) is 15.8. The molecule has 2 unspecified atom stereocenters. The van der Waals surface area contributed by atoms with Crippen LogP contribution in [-0.2, 0) is 9.59 Å². The van der Waals surface area contributed by atoms with Crippen LogP contribution in [0.5, 0.6) is 5.75 Å². The molecule has 0 saturated heterocycles. The predicted molar refractivity (Wildman–Crippen MR) is 133 cm³/mol. The topological polar surface area (TPSA) is 172 Å². The number of anilines is 1. The fourth-order valence-electron chi connectivity index (χ4n) is 3.46. The van der Waals surface area contributed by atoms with E-state index in [0.717, 1.165) is 6.07 Å². The largest absolute Gasteiger partial charge is 0.508 e. The van der Waals surface area contributed by atoms with Crippen molar-refractivity contribution in [2.75, 3.05) is 25.0 Å². The van der Waals surface area contributed by atoms with Crippen molar-refractivity contribution in [2.45, 2.75) is 25.0 Å². The maximum atomic E-state index is 13.2. The van der Waals surface area contributed by atoms with Gasteiger partial charge in [-0.15, -0.1) is 0 Å². The Bertz CT molecular complexity index is 1210. The van der Waals surface area contributed by atoms with Crippen molar-refractivity contribution in [3.05, 3.63) is 57.6 Å². The number of amides is 2. The Balaban J connectivity index is 1.65. The van der Waals surface area contributed by atoms with Gasteiger partial charge in [0.2, 0.25) is 5.91 Å². The van der Waals surface area contributed by atoms with E-state index < -0.39 is 49.3 Å². The first-order valence-corrected chi connectivity index (χ1v) is 11.7. The number of carbonyl (C=O) groups excluding carboxylic acids is 2. The molecule has 0 saturated carbocycles. The summed E-state index contributed by atoms with van der Waals surface area (Å²) in [6.07, 6.45) is -3.99. The summed E-state index contributed by atoms with van der Waals surface area (Å²) in [6.45, 7) is -0.0859. The second kappa shape index (κ2) is 12.5. The average Bonchev–Trinajstić information content (AvgIpc) is 2.82. The molecular weight excluding hydrogens is 560 g/mol. The van der Waals surface area contributed by atoms with Crippen LogP contribution in [0.4, 0.5) is 14.5 Å². The minimum absolute atomic E-state index is 0.0161. The SMILES string of the molecule is O=C(O)CC(NC(=O)CNC(=O)c1cc(O)cc(NC2=NCC(O)CN2)c1)c1cc(Br)cc(C(F)F)c1. The maximum absolute atomic E-state index is 13.2. The molecule has 0 spiro atoms. The predicted octanol–water partition coefficient (Wildman–Crippen LogP) is 1.89. The number of guanidine groups is 1. The summed E-state index contributed by atoms with van der Waals surface area (Å²) in [5.74, 6) is -2.62. The minimum atomic E-state index is -2.80. The number of carbonyl (C=O) groups is 3. The highest BCUT2D eigenvalue weighted by atomic mass is 79.9. The van der Waals surface area contributed by atoms with Gasteiger partial charge in [0.1, 0.15) is 5.75 Å². The smallest absolute Gasteiger partial charge is 0.305 e. The van der Waals surface area contributed by atoms with Gasteiger partial charge in [0.05, 0.1) is 31.7 Å². The van der Waals surface area contributed by atoms with Gasteiger partial charge < -0.3 is 36.6 Å². The highest BCUT2D eigenvalue weighted by Gasteiger charge is 2.21. The van der Waals surface area contributed by atoms with Crippen molar-refractivity contribution in [3.8, 4) is 5.75 Å². The summed E-state index contributed by atoms with van der Waals surface area (Å²) in [6, 6.07) is 6.52. The molecule has 0 aliphatic carbocycles. The molecule has 2 aromatic carbocycles. The van der Waals surface area contributed by atoms with Crippen LogP contribution in [0.2, 0.25) is 0 Å². The van der Waals surface area contributed by atoms with Gasteiger partial charge in [0.15, 0.2) is 5.96 Å². The number of aliphatic hydroxyl groups excluding tert-OH is 1. The van der Waals surface area contributed by atoms with Gasteiger partial charge in [0, 0.05) is 33.9 Å². The standard InChI is InChI=1S/C23H24BrF2N5O6/c24-14-2-11(1-12(3-14)21(25)26)18(7-20(35)36)31-19(34)10-27-22(37)13-4-15(6-16(32)5-13)30-23-28-8-17(33)9-29-23/h1-6,17-18,21,32-33H,7-10H2,(H,27,37)(H,31,34)(H,35,36)(H2,28,29,30). The lowest BCUT2D eigenvalue weighted by atomic mass is 10.0. The zero-order chi connectivity index (χ0) is 27.1. The number of hydrogen-bond donors (Lipinski definition) is 7. The molecule has 14 heteroatoms. The van der Waals surface area contributed by atoms with Gasteiger partial charge in [-0.1, -0.05) is 15.9 Å². The third-order valence-corrected chi connectivity index (χ3v) is 5.59. The van der Waals surface area contributed by atoms with Crippen LogP contribution < -0.4 is 21.3 Å². The Kier molecular flexibility index (Phi) is 9.36. The van der Waals surface area contributed by atoms with Gasteiger partial charge >= 0.3 is 5.97 Å². The Morgan fingerprint density at radius 3 is 2.51 bits per heavy atom. The number of carboxylic acids is 1. The van der Waals surface area contributed by atoms with Crippen molar-refractivity contribution in [1.29, 1.82) is 0 Å². The lowest BCUT2D eigenvalue weighted by Gasteiger charge is -2.20. The quantitative estimate of drug-likeness (QED) is 0.234. The van der Waals surface area contributed by atoms with E-state index in [1.54, 1.807) is 0 Å². The van der Waals surface area contributed by atoms with Crippen LogP contribution >= 0.6 is 15.9 Å². The molecule has 0 bridgehead atoms. The number of hydrogen-bond acceptors (Lipinski definition) is 8. The number of halogens is 3. The zero-order valence-electron chi connectivity index (χ0n) is 19.2. The minimum Gasteiger partial charge on any atom is -0.508 e. The third-order valence-electron chi connectivity index (χ3n) is 5.13. The molecule has 1 aliphatic rings. The second-order valence-electron chi connectivity index (χ2n) is 8.14. The van der Waals surface area contributed by atoms with Crippen LogP contribution in [-0.4, -0.2) is 64.8 Å². The van der Waals surface area contributed by atoms with Gasteiger partial charge in [-0.25, -0.2) is 8.78 Å². The van der Waals surface area contributed by atoms with Crippen LogP contribution in [0, 0.1) is 0 Å². The van der Waals surface area contributed by atoms with Gasteiger partial charge in [-0.05, 0) is 35.9 Å². The number of phenols is 1. The fraction of sp³-hybridized carbons (Fsp3) is 0.304. The van der Waals surface area contributed by atoms with Crippen LogP contribution in [0.3, 0.4) is 0 Å². The van der Waals surface area contributed by atoms with Crippen molar-refractivity contribution < 1.29 is 38.5 Å². The number of aliphatic imine (C=N–C) groups is 1. The maximum Gasteiger partial charge on any atom is 0.305 e. The second-order valence-corrected chi connectivity index (χ2v) is 9.05. The summed E-state index contributed by atoms with van der Waals surface area (Å²) in [7, 11) is 0. The number of alkyl halides is 2. The van der Waals surface area contributed by atoms with Crippen LogP contribution in [0.15, 0.2) is 45.9 Å². The molecule has 2 amide bonds. The van der Waals surface area contributed by atoms with E-state index >= 15 is 0 Å². The van der Waals surface area contributed by atoms with Gasteiger partial charge in [0.25, 0.3) is 12.3 Å². The molecule has 2 atom stereocenters. The number of nitrogens with one attached hydrogen (secondary N) is 4. The van der Waals surface area contributed by atoms with Crippen molar-refractivity contribution >= 4 is 45.4 Å². The molecule has 3 rings (SSSR count). The Hall–Kier alpha value is -3.78. The first-order chi connectivity index (χ1) is 17.5. The average molecular weight is 584 g/mol. The molecule has 7 N–H and O–H groups in total. The van der Waals surface area contributed by atoms with E-state index in [4.69, 9.17) is 0 Å². The fourth-order valence-corrected chi connectivity index (χ4v) is 3.99. The number of β-amino-alcohol motifs (C(OH)–C–C–N with tert-alkyl or cyclic N) is 1. The Labute approximate surface area is 218 Å². The number of rotatable bonds is 9. The van der Waals surface area contributed by atoms with E-state index in [0.29, 0.717) is 11.6 Å². The van der Waals surface area contributed by atoms with E-state index in [-0.39, 0.29) is 40.0 Å². The zero-order valence-corrected chi connectivity index (χ0v) is 20.8.